The molecule has 3 aromatic rings. The van der Waals surface area contributed by atoms with E-state index in [2.05, 4.69) is 0 Å². The summed E-state index contributed by atoms with van der Waals surface area (Å²) in [6.45, 7) is 6.02. The first-order valence-electron chi connectivity index (χ1n) is 20.0. The lowest BCUT2D eigenvalue weighted by molar-refractivity contribution is -0.306. The molecule has 3 aromatic carbocycles. The smallest absolute Gasteiger partial charge is 0.458 e. The van der Waals surface area contributed by atoms with Crippen molar-refractivity contribution < 1.29 is 62.2 Å². The van der Waals surface area contributed by atoms with E-state index in [0.29, 0.717) is 29.5 Å². The summed E-state index contributed by atoms with van der Waals surface area (Å²) in [6, 6.07) is 26.5. The summed E-state index contributed by atoms with van der Waals surface area (Å²) in [5, 5.41) is 10.3. The fourth-order valence-electron chi connectivity index (χ4n) is 9.75. The van der Waals surface area contributed by atoms with Gasteiger partial charge in [0, 0.05) is 25.9 Å². The van der Waals surface area contributed by atoms with E-state index in [1.165, 1.54) is 6.92 Å². The topological polar surface area (TPSA) is 170 Å². The molecule has 7 rings (SSSR count). The maximum Gasteiger partial charge on any atom is 0.514 e. The largest absolute Gasteiger partial charge is 0.514 e. The van der Waals surface area contributed by atoms with Crippen LogP contribution in [0.1, 0.15) is 74.9 Å². The lowest BCUT2D eigenvalue weighted by Gasteiger charge is -2.59. The Morgan fingerprint density at radius 3 is 2.00 bits per heavy atom. The zero-order chi connectivity index (χ0) is 42.0. The fourth-order valence-corrected chi connectivity index (χ4v) is 9.75. The number of esters is 2. The molecule has 1 unspecified atom stereocenters. The maximum absolute atomic E-state index is 15.7. The van der Waals surface area contributed by atoms with Crippen molar-refractivity contribution >= 4 is 30.0 Å². The van der Waals surface area contributed by atoms with Gasteiger partial charge in [0.2, 0.25) is 5.78 Å². The van der Waals surface area contributed by atoms with Crippen LogP contribution >= 0.6 is 0 Å². The number of aliphatic hydroxyl groups excluding tert-OH is 1. The van der Waals surface area contributed by atoms with Crippen molar-refractivity contribution in [1.82, 2.24) is 0 Å². The van der Waals surface area contributed by atoms with Crippen molar-refractivity contribution in [3.63, 3.8) is 0 Å². The first-order chi connectivity index (χ1) is 28.3. The Balaban J connectivity index is 1.32. The second-order valence-electron chi connectivity index (χ2n) is 16.6. The normalized spacial score (nSPS) is 27.4. The second kappa shape index (κ2) is 17.0. The van der Waals surface area contributed by atoms with Crippen molar-refractivity contribution in [2.75, 3.05) is 13.2 Å². The summed E-state index contributed by atoms with van der Waals surface area (Å²) < 4.78 is 41.6. The number of ether oxygens (including phenoxy) is 7. The van der Waals surface area contributed by atoms with Crippen LogP contribution in [0.15, 0.2) is 102 Å². The van der Waals surface area contributed by atoms with Crippen LogP contribution in [0.5, 0.6) is 0 Å². The van der Waals surface area contributed by atoms with E-state index < -0.39 is 83.2 Å². The molecule has 0 aromatic heterocycles. The third kappa shape index (κ3) is 8.36. The quantitative estimate of drug-likeness (QED) is 0.135. The Labute approximate surface area is 342 Å². The Bertz CT molecular complexity index is 2070. The van der Waals surface area contributed by atoms with E-state index in [4.69, 9.17) is 33.2 Å². The van der Waals surface area contributed by atoms with E-state index in [1.807, 2.05) is 38.1 Å². The lowest BCUT2D eigenvalue weighted by atomic mass is 9.56. The molecule has 1 saturated heterocycles. The summed E-state index contributed by atoms with van der Waals surface area (Å²) in [6.07, 6.45) is -4.08. The third-order valence-corrected chi connectivity index (χ3v) is 12.3. The molecule has 59 heavy (non-hydrogen) atoms. The van der Waals surface area contributed by atoms with Crippen LogP contribution in [0.3, 0.4) is 0 Å². The number of carbonyl (C=O) groups is 5. The predicted molar refractivity (Wildman–Crippen MR) is 209 cm³/mol. The summed E-state index contributed by atoms with van der Waals surface area (Å²) >= 11 is 0. The number of benzene rings is 3. The Morgan fingerprint density at radius 2 is 1.44 bits per heavy atom. The Kier molecular flexibility index (Phi) is 12.0. The minimum Gasteiger partial charge on any atom is -0.458 e. The molecule has 0 amide bonds. The van der Waals surface area contributed by atoms with Crippen LogP contribution < -0.4 is 0 Å². The van der Waals surface area contributed by atoms with Gasteiger partial charge in [0.15, 0.2) is 11.4 Å². The summed E-state index contributed by atoms with van der Waals surface area (Å²) in [7, 11) is 0. The lowest BCUT2D eigenvalue weighted by Crippen LogP contribution is -2.72. The van der Waals surface area contributed by atoms with Crippen molar-refractivity contribution in [2.24, 2.45) is 28.6 Å². The number of Topliss-reactive ketones (excluding diaryl/α,β-unsaturated/α-hetero) is 1. The molecule has 1 heterocycles. The van der Waals surface area contributed by atoms with Gasteiger partial charge in [-0.05, 0) is 59.4 Å². The molecule has 0 radical (unpaired) electrons. The maximum atomic E-state index is 15.7. The monoisotopic (exact) mass is 810 g/mol. The molecule has 1 spiro atoms. The Hall–Kier alpha value is -5.53. The highest BCUT2D eigenvalue weighted by molar-refractivity contribution is 6.03. The zero-order valence-corrected chi connectivity index (χ0v) is 33.6. The van der Waals surface area contributed by atoms with Gasteiger partial charge in [-0.25, -0.2) is 14.4 Å². The molecule has 4 aliphatic rings. The van der Waals surface area contributed by atoms with Gasteiger partial charge in [-0.2, -0.15) is 0 Å². The van der Waals surface area contributed by atoms with Crippen LogP contribution in [0.4, 0.5) is 9.59 Å². The number of rotatable bonds is 13. The number of hydrogen-bond donors (Lipinski definition) is 1. The molecular weight excluding hydrogens is 760 g/mol. The number of hydrogen-bond acceptors (Lipinski definition) is 13. The molecular formula is C46H50O13. The molecule has 1 N–H and O–H groups in total. The molecule has 1 aliphatic heterocycles. The number of fused-ring (bicyclic) bond motifs is 2. The molecule has 13 heteroatoms. The number of ketones is 1. The van der Waals surface area contributed by atoms with E-state index in [9.17, 15) is 24.3 Å². The molecule has 3 aliphatic carbocycles. The van der Waals surface area contributed by atoms with Gasteiger partial charge < -0.3 is 38.3 Å². The molecule has 8 atom stereocenters. The minimum absolute atomic E-state index is 0.0245. The van der Waals surface area contributed by atoms with Crippen molar-refractivity contribution in [3.05, 3.63) is 119 Å². The third-order valence-electron chi connectivity index (χ3n) is 12.3. The average molecular weight is 811 g/mol. The molecule has 13 nitrogen and oxygen atoms in total. The minimum atomic E-state index is -1.32. The second-order valence-corrected chi connectivity index (χ2v) is 16.6. The standard InChI is InChI=1S/C46H50O13/c1-28(34(20-21-47)57-42(51)53-25-30-14-8-5-9-15-30)37-38(58-43(52)54-26-31-16-10-6-11-17-31)40(49)45-23-33(45)22-36-46(27-55-36,59-29(2)48)39(45)35(24-44(37,3)4)56-41(50)32-18-12-7-13-19-32/h5-19,28,33-36,39,47H,20-27H2,1-4H3/t28?,33-,34+,35-,36-,39+,45-,46+/m1/s1. The number of allylic oxidation sites excluding steroid dienone is 1. The van der Waals surface area contributed by atoms with E-state index in [1.54, 1.807) is 73.7 Å². The van der Waals surface area contributed by atoms with E-state index in [-0.39, 0.29) is 44.3 Å². The first-order valence-corrected chi connectivity index (χ1v) is 20.0. The fraction of sp³-hybridized carbons (Fsp3) is 0.457. The van der Waals surface area contributed by atoms with Crippen LogP contribution in [0.2, 0.25) is 0 Å². The summed E-state index contributed by atoms with van der Waals surface area (Å²) in [4.78, 5) is 69.5. The van der Waals surface area contributed by atoms with E-state index in [0.717, 1.165) is 5.56 Å². The van der Waals surface area contributed by atoms with Gasteiger partial charge in [-0.1, -0.05) is 99.6 Å². The van der Waals surface area contributed by atoms with Crippen LogP contribution in [0.25, 0.3) is 0 Å². The molecule has 0 bridgehead atoms. The Morgan fingerprint density at radius 1 is 0.847 bits per heavy atom. The summed E-state index contributed by atoms with van der Waals surface area (Å²) in [5.74, 6) is -4.11. The van der Waals surface area contributed by atoms with Gasteiger partial charge in [-0.15, -0.1) is 0 Å². The zero-order valence-electron chi connectivity index (χ0n) is 33.6. The highest BCUT2D eigenvalue weighted by atomic mass is 16.7. The van der Waals surface area contributed by atoms with Gasteiger partial charge >= 0.3 is 24.2 Å². The highest BCUT2D eigenvalue weighted by Gasteiger charge is 2.81. The first kappa shape index (κ1) is 41.6. The number of aliphatic hydroxyl groups is 1. The molecule has 3 fully saturated rings. The van der Waals surface area contributed by atoms with E-state index >= 15 is 4.79 Å². The van der Waals surface area contributed by atoms with Crippen LogP contribution in [0, 0.1) is 28.6 Å². The molecule has 2 saturated carbocycles. The van der Waals surface area contributed by atoms with Crippen LogP contribution in [-0.2, 0) is 56.0 Å². The highest BCUT2D eigenvalue weighted by Crippen LogP contribution is 2.73. The number of carbonyl (C=O) groups excluding carboxylic acids is 5. The van der Waals surface area contributed by atoms with Crippen molar-refractivity contribution in [2.45, 2.75) is 90.5 Å². The van der Waals surface area contributed by atoms with Gasteiger partial charge in [-0.3, -0.25) is 9.59 Å². The van der Waals surface area contributed by atoms with Gasteiger partial charge in [0.25, 0.3) is 0 Å². The van der Waals surface area contributed by atoms with Crippen molar-refractivity contribution in [3.8, 4) is 0 Å². The van der Waals surface area contributed by atoms with Crippen LogP contribution in [-0.4, -0.2) is 72.3 Å². The van der Waals surface area contributed by atoms with Gasteiger partial charge in [0.1, 0.15) is 31.5 Å². The van der Waals surface area contributed by atoms with Gasteiger partial charge in [0.05, 0.1) is 23.5 Å². The SMILES string of the molecule is CC(=O)O[C@@]12CO[C@@H]1C[C@@H]1C[C@@]13C(=O)C(OC(=O)OCc1ccccc1)=C(C(C)[C@H](CCO)OC(=O)OCc1ccccc1)C(C)(C)C[C@@H](OC(=O)c1ccccc1)[C@H]23. The average Bonchev–Trinajstić information content (AvgIpc) is 3.94. The predicted octanol–water partition coefficient (Wildman–Crippen LogP) is 7.29. The molecule has 312 valence electrons. The van der Waals surface area contributed by atoms with Crippen molar-refractivity contribution in [1.29, 1.82) is 0 Å². The summed E-state index contributed by atoms with van der Waals surface area (Å²) in [5.41, 5.74) is -1.78.